The van der Waals surface area contributed by atoms with Crippen molar-refractivity contribution in [2.75, 3.05) is 12.9 Å². The number of methoxy groups -OCH3 is 1. The summed E-state index contributed by atoms with van der Waals surface area (Å²) in [5.74, 6) is -0.668. The number of rotatable bonds is 4. The van der Waals surface area contributed by atoms with Crippen LogP contribution in [0, 0.1) is 0 Å². The highest BCUT2D eigenvalue weighted by atomic mass is 32.2. The van der Waals surface area contributed by atoms with E-state index < -0.39 is 11.6 Å². The van der Waals surface area contributed by atoms with E-state index in [4.69, 9.17) is 0 Å². The maximum absolute atomic E-state index is 11.2. The van der Waals surface area contributed by atoms with Gasteiger partial charge in [0.2, 0.25) is 0 Å². The van der Waals surface area contributed by atoms with E-state index in [0.29, 0.717) is 5.16 Å². The molecule has 0 aromatic carbocycles. The van der Waals surface area contributed by atoms with E-state index >= 15 is 0 Å². The molecule has 1 aromatic heterocycles. The second-order valence-electron chi connectivity index (χ2n) is 3.42. The summed E-state index contributed by atoms with van der Waals surface area (Å²) >= 11 is 1.09. The van der Waals surface area contributed by atoms with Crippen molar-refractivity contribution < 1.29 is 14.6 Å². The zero-order chi connectivity index (χ0) is 12.3. The molecule has 2 N–H and O–H groups in total. The molecule has 1 unspecified atom stereocenters. The maximum Gasteiger partial charge on any atom is 0.343 e. The van der Waals surface area contributed by atoms with Crippen LogP contribution in [0.2, 0.25) is 0 Å². The molecule has 1 aromatic rings. The Balaban J connectivity index is 2.68. The van der Waals surface area contributed by atoms with Crippen LogP contribution in [0.5, 0.6) is 0 Å². The molecule has 0 bridgehead atoms. The van der Waals surface area contributed by atoms with E-state index in [0.717, 1.165) is 11.8 Å². The van der Waals surface area contributed by atoms with Crippen molar-refractivity contribution in [1.29, 1.82) is 0 Å². The Labute approximate surface area is 95.8 Å². The third-order valence-corrected chi connectivity index (χ3v) is 3.28. The average molecular weight is 247 g/mol. The molecule has 0 aliphatic carbocycles. The molecule has 8 heteroatoms. The Morgan fingerprint density at radius 3 is 2.81 bits per heavy atom. The van der Waals surface area contributed by atoms with Gasteiger partial charge >= 0.3 is 11.7 Å². The van der Waals surface area contributed by atoms with Crippen LogP contribution >= 0.6 is 11.8 Å². The molecule has 16 heavy (non-hydrogen) atoms. The number of nitrogens with zero attached hydrogens (tertiary/aromatic N) is 2. The number of aromatic nitrogens is 3. The van der Waals surface area contributed by atoms with Crippen molar-refractivity contribution in [3.8, 4) is 0 Å². The number of hydrogen-bond acceptors (Lipinski definition) is 6. The van der Waals surface area contributed by atoms with E-state index in [2.05, 4.69) is 14.9 Å². The fraction of sp³-hybridized carbons (Fsp3) is 0.625. The average Bonchev–Trinajstić information content (AvgIpc) is 2.56. The molecular weight excluding hydrogens is 234 g/mol. The van der Waals surface area contributed by atoms with E-state index in [9.17, 15) is 14.7 Å². The summed E-state index contributed by atoms with van der Waals surface area (Å²) in [4.78, 5) is 22.2. The summed E-state index contributed by atoms with van der Waals surface area (Å²) in [6.07, 6.45) is 0. The van der Waals surface area contributed by atoms with Crippen molar-refractivity contribution in [1.82, 2.24) is 14.8 Å². The molecule has 1 rings (SSSR count). The zero-order valence-electron chi connectivity index (χ0n) is 9.18. The number of carbonyl (C=O) groups excluding carboxylic acids is 1. The number of carbonyl (C=O) groups is 1. The van der Waals surface area contributed by atoms with Gasteiger partial charge in [-0.25, -0.2) is 14.7 Å². The van der Waals surface area contributed by atoms with Crippen LogP contribution in [0.4, 0.5) is 0 Å². The summed E-state index contributed by atoms with van der Waals surface area (Å²) < 4.78 is 5.73. The maximum atomic E-state index is 11.2. The summed E-state index contributed by atoms with van der Waals surface area (Å²) in [6, 6.07) is 0. The van der Waals surface area contributed by atoms with Gasteiger partial charge in [-0.05, 0) is 6.92 Å². The number of hydrogen-bond donors (Lipinski definition) is 2. The first-order valence-corrected chi connectivity index (χ1v) is 5.42. The van der Waals surface area contributed by atoms with Gasteiger partial charge < -0.3 is 9.84 Å². The molecule has 0 aliphatic heterocycles. The van der Waals surface area contributed by atoms with Crippen LogP contribution < -0.4 is 5.69 Å². The highest BCUT2D eigenvalue weighted by Crippen LogP contribution is 2.20. The van der Waals surface area contributed by atoms with Crippen molar-refractivity contribution >= 4 is 17.7 Å². The van der Waals surface area contributed by atoms with Crippen molar-refractivity contribution in [3.63, 3.8) is 0 Å². The second-order valence-corrected chi connectivity index (χ2v) is 4.37. The first kappa shape index (κ1) is 12.8. The van der Waals surface area contributed by atoms with Gasteiger partial charge in [-0.15, -0.1) is 5.10 Å². The molecule has 1 atom stereocenters. The predicted molar refractivity (Wildman–Crippen MR) is 57.2 cm³/mol. The molecule has 7 nitrogen and oxygen atoms in total. The second kappa shape index (κ2) is 4.71. The SMILES string of the molecule is COC(=O)C(C)(O)CSc1n[nH]c(=O)n1C. The smallest absolute Gasteiger partial charge is 0.343 e. The molecule has 0 aliphatic rings. The van der Waals surface area contributed by atoms with Gasteiger partial charge in [0.25, 0.3) is 0 Å². The quantitative estimate of drug-likeness (QED) is 0.530. The van der Waals surface area contributed by atoms with Gasteiger partial charge in [-0.2, -0.15) is 0 Å². The summed E-state index contributed by atoms with van der Waals surface area (Å²) in [5, 5.41) is 16.1. The first-order valence-electron chi connectivity index (χ1n) is 4.43. The molecule has 0 fully saturated rings. The van der Waals surface area contributed by atoms with Crippen molar-refractivity contribution in [2.45, 2.75) is 17.7 Å². The molecule has 0 amide bonds. The molecule has 0 saturated heterocycles. The molecule has 1 heterocycles. The topological polar surface area (TPSA) is 97.2 Å². The van der Waals surface area contributed by atoms with Crippen LogP contribution in [0.3, 0.4) is 0 Å². The number of ether oxygens (including phenoxy) is 1. The number of H-pyrrole nitrogens is 1. The van der Waals surface area contributed by atoms with Gasteiger partial charge in [0, 0.05) is 12.8 Å². The van der Waals surface area contributed by atoms with Crippen LogP contribution in [-0.2, 0) is 16.6 Å². The molecule has 90 valence electrons. The Hall–Kier alpha value is -1.28. The van der Waals surface area contributed by atoms with E-state index in [1.807, 2.05) is 0 Å². The lowest BCUT2D eigenvalue weighted by atomic mass is 10.1. The standard InChI is InChI=1S/C8H13N3O4S/c1-8(14,5(12)15-3)4-16-7-10-9-6(13)11(7)2/h14H,4H2,1-3H3,(H,9,13). The van der Waals surface area contributed by atoms with Gasteiger partial charge in [0.05, 0.1) is 7.11 Å². The third kappa shape index (κ3) is 2.64. The minimum Gasteiger partial charge on any atom is -0.467 e. The summed E-state index contributed by atoms with van der Waals surface area (Å²) in [7, 11) is 2.74. The van der Waals surface area contributed by atoms with E-state index in [-0.39, 0.29) is 11.4 Å². The number of aromatic amines is 1. The molecule has 0 saturated carbocycles. The normalized spacial score (nSPS) is 14.5. The predicted octanol–water partition coefficient (Wildman–Crippen LogP) is -0.876. The summed E-state index contributed by atoms with van der Waals surface area (Å²) in [6.45, 7) is 1.34. The van der Waals surface area contributed by atoms with Gasteiger partial charge in [0.1, 0.15) is 0 Å². The van der Waals surface area contributed by atoms with Gasteiger partial charge in [0.15, 0.2) is 10.8 Å². The highest BCUT2D eigenvalue weighted by molar-refractivity contribution is 7.99. The van der Waals surface area contributed by atoms with Crippen molar-refractivity contribution in [3.05, 3.63) is 10.5 Å². The largest absolute Gasteiger partial charge is 0.467 e. The van der Waals surface area contributed by atoms with Gasteiger partial charge in [-0.1, -0.05) is 11.8 Å². The Morgan fingerprint density at radius 1 is 1.75 bits per heavy atom. The van der Waals surface area contributed by atoms with E-state index in [1.54, 1.807) is 7.05 Å². The minimum atomic E-state index is -1.60. The van der Waals surface area contributed by atoms with Crippen LogP contribution in [-0.4, -0.2) is 44.3 Å². The highest BCUT2D eigenvalue weighted by Gasteiger charge is 2.32. The fourth-order valence-corrected chi connectivity index (χ4v) is 1.86. The zero-order valence-corrected chi connectivity index (χ0v) is 10.00. The molecule has 0 radical (unpaired) electrons. The lowest BCUT2D eigenvalue weighted by molar-refractivity contribution is -0.158. The monoisotopic (exact) mass is 247 g/mol. The lowest BCUT2D eigenvalue weighted by Crippen LogP contribution is -2.38. The Kier molecular flexibility index (Phi) is 3.76. The Morgan fingerprint density at radius 2 is 2.38 bits per heavy atom. The number of esters is 1. The van der Waals surface area contributed by atoms with Crippen LogP contribution in [0.25, 0.3) is 0 Å². The molecular formula is C8H13N3O4S. The van der Waals surface area contributed by atoms with Crippen molar-refractivity contribution in [2.24, 2.45) is 7.05 Å². The van der Waals surface area contributed by atoms with Crippen LogP contribution in [0.1, 0.15) is 6.92 Å². The number of aliphatic hydroxyl groups is 1. The minimum absolute atomic E-state index is 0.0534. The first-order chi connectivity index (χ1) is 7.38. The molecule has 0 spiro atoms. The van der Waals surface area contributed by atoms with E-state index in [1.165, 1.54) is 18.6 Å². The third-order valence-electron chi connectivity index (χ3n) is 1.95. The fourth-order valence-electron chi connectivity index (χ4n) is 0.945. The number of nitrogens with one attached hydrogen (secondary N) is 1. The Bertz CT molecular complexity index is 437. The lowest BCUT2D eigenvalue weighted by Gasteiger charge is -2.18. The van der Waals surface area contributed by atoms with Crippen LogP contribution in [0.15, 0.2) is 9.95 Å². The number of thioether (sulfide) groups is 1. The van der Waals surface area contributed by atoms with Gasteiger partial charge in [-0.3, -0.25) is 4.57 Å². The summed E-state index contributed by atoms with van der Waals surface area (Å²) in [5.41, 5.74) is -1.95.